The molecule has 2 heterocycles. The Balaban J connectivity index is 2.42. The van der Waals surface area contributed by atoms with Gasteiger partial charge in [-0.1, -0.05) is 13.8 Å². The molecule has 3 nitrogen and oxygen atoms in total. The Morgan fingerprint density at radius 1 is 1.33 bits per heavy atom. The summed E-state index contributed by atoms with van der Waals surface area (Å²) >= 11 is 1.68. The van der Waals surface area contributed by atoms with Crippen molar-refractivity contribution >= 4 is 17.2 Å². The van der Waals surface area contributed by atoms with E-state index in [0.29, 0.717) is 11.7 Å². The maximum Gasteiger partial charge on any atom is 0.133 e. The summed E-state index contributed by atoms with van der Waals surface area (Å²) in [7, 11) is 0. The zero-order valence-electron chi connectivity index (χ0n) is 8.77. The van der Waals surface area contributed by atoms with E-state index in [2.05, 4.69) is 23.8 Å². The number of nitrogens with zero attached hydrogens (tertiary/aromatic N) is 2. The third-order valence-corrected chi connectivity index (χ3v) is 3.49. The molecule has 2 aromatic heterocycles. The number of thiazole rings is 1. The molecule has 4 heteroatoms. The lowest BCUT2D eigenvalue weighted by Crippen LogP contribution is -1.92. The van der Waals surface area contributed by atoms with Crippen molar-refractivity contribution in [2.45, 2.75) is 19.8 Å². The van der Waals surface area contributed by atoms with Gasteiger partial charge < -0.3 is 5.73 Å². The smallest absolute Gasteiger partial charge is 0.133 e. The number of aromatic nitrogens is 2. The Labute approximate surface area is 93.0 Å². The van der Waals surface area contributed by atoms with Crippen LogP contribution in [-0.4, -0.2) is 9.97 Å². The predicted octanol–water partition coefficient (Wildman–Crippen LogP) is 2.91. The number of hydrogen-bond donors (Lipinski definition) is 1. The van der Waals surface area contributed by atoms with Gasteiger partial charge in [0.05, 0.1) is 5.56 Å². The summed E-state index contributed by atoms with van der Waals surface area (Å²) in [4.78, 5) is 9.69. The minimum absolute atomic E-state index is 0.508. The van der Waals surface area contributed by atoms with Crippen LogP contribution in [0.2, 0.25) is 0 Å². The first-order valence-corrected chi connectivity index (χ1v) is 5.66. The number of pyridine rings is 1. The largest absolute Gasteiger partial charge is 0.383 e. The molecular weight excluding hydrogens is 206 g/mol. The van der Waals surface area contributed by atoms with Gasteiger partial charge in [0.1, 0.15) is 10.8 Å². The standard InChI is InChI=1S/C11H13N3S/c1-7(2)9-6-14-11(15-9)8-4-3-5-13-10(8)12/h3-7H,1-2H3,(H2,12,13). The van der Waals surface area contributed by atoms with E-state index in [0.717, 1.165) is 10.6 Å². The lowest BCUT2D eigenvalue weighted by Gasteiger charge is -1.99. The Morgan fingerprint density at radius 3 is 2.73 bits per heavy atom. The van der Waals surface area contributed by atoms with E-state index in [1.807, 2.05) is 18.3 Å². The fraction of sp³-hybridized carbons (Fsp3) is 0.273. The third-order valence-electron chi connectivity index (χ3n) is 2.16. The molecule has 0 fully saturated rings. The van der Waals surface area contributed by atoms with E-state index in [1.165, 1.54) is 4.88 Å². The van der Waals surface area contributed by atoms with Gasteiger partial charge in [0.25, 0.3) is 0 Å². The maximum atomic E-state index is 5.79. The molecule has 0 radical (unpaired) electrons. The molecule has 0 saturated heterocycles. The average molecular weight is 219 g/mol. The molecule has 0 aliphatic rings. The van der Waals surface area contributed by atoms with Crippen LogP contribution in [0, 0.1) is 0 Å². The molecule has 78 valence electrons. The quantitative estimate of drug-likeness (QED) is 0.845. The van der Waals surface area contributed by atoms with Gasteiger partial charge in [0.2, 0.25) is 0 Å². The van der Waals surface area contributed by atoms with E-state index in [4.69, 9.17) is 5.73 Å². The van der Waals surface area contributed by atoms with E-state index in [1.54, 1.807) is 17.5 Å². The molecule has 2 N–H and O–H groups in total. The van der Waals surface area contributed by atoms with Crippen molar-refractivity contribution in [1.82, 2.24) is 9.97 Å². The van der Waals surface area contributed by atoms with Gasteiger partial charge in [0.15, 0.2) is 0 Å². The van der Waals surface area contributed by atoms with Gasteiger partial charge >= 0.3 is 0 Å². The van der Waals surface area contributed by atoms with Crippen LogP contribution < -0.4 is 5.73 Å². The minimum atomic E-state index is 0.508. The highest BCUT2D eigenvalue weighted by Crippen LogP contribution is 2.31. The fourth-order valence-electron chi connectivity index (χ4n) is 1.28. The van der Waals surface area contributed by atoms with E-state index < -0.39 is 0 Å². The summed E-state index contributed by atoms with van der Waals surface area (Å²) < 4.78 is 0. The molecule has 0 aliphatic heterocycles. The number of rotatable bonds is 2. The molecule has 0 amide bonds. The van der Waals surface area contributed by atoms with Gasteiger partial charge in [-0.25, -0.2) is 9.97 Å². The highest BCUT2D eigenvalue weighted by Gasteiger charge is 2.09. The van der Waals surface area contributed by atoms with Crippen molar-refractivity contribution in [3.63, 3.8) is 0 Å². The minimum Gasteiger partial charge on any atom is -0.383 e. The summed E-state index contributed by atoms with van der Waals surface area (Å²) in [6.07, 6.45) is 3.60. The Bertz CT molecular complexity index is 462. The van der Waals surface area contributed by atoms with Crippen LogP contribution in [0.5, 0.6) is 0 Å². The first-order chi connectivity index (χ1) is 7.18. The number of nitrogens with two attached hydrogens (primary N) is 1. The Kier molecular flexibility index (Phi) is 2.68. The van der Waals surface area contributed by atoms with Crippen LogP contribution in [0.25, 0.3) is 10.6 Å². The molecule has 2 rings (SSSR count). The van der Waals surface area contributed by atoms with Crippen LogP contribution in [0.1, 0.15) is 24.6 Å². The number of anilines is 1. The van der Waals surface area contributed by atoms with Gasteiger partial charge in [-0.05, 0) is 18.1 Å². The van der Waals surface area contributed by atoms with Crippen LogP contribution in [0.3, 0.4) is 0 Å². The summed E-state index contributed by atoms with van der Waals surface area (Å²) in [6.45, 7) is 4.31. The topological polar surface area (TPSA) is 51.8 Å². The molecule has 0 aromatic carbocycles. The van der Waals surface area contributed by atoms with Crippen LogP contribution in [-0.2, 0) is 0 Å². The second-order valence-corrected chi connectivity index (χ2v) is 4.72. The molecule has 2 aromatic rings. The van der Waals surface area contributed by atoms with Crippen molar-refractivity contribution in [3.8, 4) is 10.6 Å². The zero-order chi connectivity index (χ0) is 10.8. The Morgan fingerprint density at radius 2 is 2.13 bits per heavy atom. The van der Waals surface area contributed by atoms with Gasteiger partial charge in [0, 0.05) is 17.3 Å². The van der Waals surface area contributed by atoms with Crippen molar-refractivity contribution < 1.29 is 0 Å². The van der Waals surface area contributed by atoms with Gasteiger partial charge in [-0.3, -0.25) is 0 Å². The summed E-state index contributed by atoms with van der Waals surface area (Å²) in [5, 5.41) is 0.948. The van der Waals surface area contributed by atoms with Gasteiger partial charge in [-0.2, -0.15) is 0 Å². The van der Waals surface area contributed by atoms with E-state index in [9.17, 15) is 0 Å². The van der Waals surface area contributed by atoms with E-state index in [-0.39, 0.29) is 0 Å². The Hall–Kier alpha value is -1.42. The monoisotopic (exact) mass is 219 g/mol. The van der Waals surface area contributed by atoms with Gasteiger partial charge in [-0.15, -0.1) is 11.3 Å². The maximum absolute atomic E-state index is 5.79. The second-order valence-electron chi connectivity index (χ2n) is 3.66. The molecule has 0 atom stereocenters. The molecule has 15 heavy (non-hydrogen) atoms. The molecule has 0 aliphatic carbocycles. The predicted molar refractivity (Wildman–Crippen MR) is 63.8 cm³/mol. The summed E-state index contributed by atoms with van der Waals surface area (Å²) in [5.74, 6) is 1.05. The zero-order valence-corrected chi connectivity index (χ0v) is 9.58. The molecule has 0 spiro atoms. The van der Waals surface area contributed by atoms with Crippen LogP contribution in [0.15, 0.2) is 24.5 Å². The van der Waals surface area contributed by atoms with Crippen molar-refractivity contribution in [3.05, 3.63) is 29.4 Å². The lowest BCUT2D eigenvalue weighted by atomic mass is 10.2. The van der Waals surface area contributed by atoms with Crippen molar-refractivity contribution in [1.29, 1.82) is 0 Å². The van der Waals surface area contributed by atoms with Crippen molar-refractivity contribution in [2.75, 3.05) is 5.73 Å². The lowest BCUT2D eigenvalue weighted by molar-refractivity contribution is 0.885. The van der Waals surface area contributed by atoms with Crippen LogP contribution >= 0.6 is 11.3 Å². The molecular formula is C11H13N3S. The SMILES string of the molecule is CC(C)c1cnc(-c2cccnc2N)s1. The highest BCUT2D eigenvalue weighted by molar-refractivity contribution is 7.15. The number of hydrogen-bond acceptors (Lipinski definition) is 4. The molecule has 0 saturated carbocycles. The van der Waals surface area contributed by atoms with Crippen LogP contribution in [0.4, 0.5) is 5.82 Å². The van der Waals surface area contributed by atoms with Crippen molar-refractivity contribution in [2.24, 2.45) is 0 Å². The fourth-order valence-corrected chi connectivity index (χ4v) is 2.23. The second kappa shape index (κ2) is 3.98. The first kappa shape index (κ1) is 10.1. The van der Waals surface area contributed by atoms with E-state index >= 15 is 0 Å². The number of nitrogen functional groups attached to an aromatic ring is 1. The highest BCUT2D eigenvalue weighted by atomic mass is 32.1. The summed E-state index contributed by atoms with van der Waals surface area (Å²) in [5.41, 5.74) is 6.72. The third kappa shape index (κ3) is 1.99. The molecule has 0 unspecified atom stereocenters. The normalized spacial score (nSPS) is 10.9. The summed E-state index contributed by atoms with van der Waals surface area (Å²) in [6, 6.07) is 3.83. The average Bonchev–Trinajstić information content (AvgIpc) is 2.67. The molecule has 0 bridgehead atoms. The first-order valence-electron chi connectivity index (χ1n) is 4.85.